The first-order valence-corrected chi connectivity index (χ1v) is 17.0. The zero-order valence-corrected chi connectivity index (χ0v) is 28.0. The molecule has 1 N–H and O–H groups in total. The minimum atomic E-state index is -0.854. The first kappa shape index (κ1) is 33.3. The van der Waals surface area contributed by atoms with E-state index >= 15 is 0 Å². The van der Waals surface area contributed by atoms with Crippen LogP contribution in [0, 0.1) is 17.8 Å². The van der Waals surface area contributed by atoms with Crippen LogP contribution in [0.2, 0.25) is 5.02 Å². The highest BCUT2D eigenvalue weighted by Gasteiger charge is 2.78. The fraction of sp³-hybridized carbons (Fsp3) is 0.472. The number of hydrogen-bond donors (Lipinski definition) is 1. The van der Waals surface area contributed by atoms with Crippen molar-refractivity contribution in [3.63, 3.8) is 0 Å². The molecule has 45 heavy (non-hydrogen) atoms. The summed E-state index contributed by atoms with van der Waals surface area (Å²) in [7, 11) is 0. The molecule has 3 aliphatic heterocycles. The van der Waals surface area contributed by atoms with E-state index < -0.39 is 33.4 Å². The summed E-state index contributed by atoms with van der Waals surface area (Å²) < 4.78 is -1.33. The van der Waals surface area contributed by atoms with Crippen LogP contribution in [0.1, 0.15) is 45.6 Å². The maximum atomic E-state index is 14.9. The van der Waals surface area contributed by atoms with Gasteiger partial charge in [-0.1, -0.05) is 67.9 Å². The fourth-order valence-corrected chi connectivity index (χ4v) is 10.3. The molecule has 2 aromatic carbocycles. The smallest absolute Gasteiger partial charge is 0.251 e. The summed E-state index contributed by atoms with van der Waals surface area (Å²) >= 11 is 7.83. The van der Waals surface area contributed by atoms with E-state index in [-0.39, 0.29) is 36.8 Å². The van der Waals surface area contributed by atoms with Crippen LogP contribution in [-0.4, -0.2) is 73.9 Å². The van der Waals surface area contributed by atoms with Gasteiger partial charge in [0.05, 0.1) is 29.2 Å². The van der Waals surface area contributed by atoms with Gasteiger partial charge in [0.2, 0.25) is 11.8 Å². The van der Waals surface area contributed by atoms with Gasteiger partial charge in [-0.05, 0) is 61.9 Å². The van der Waals surface area contributed by atoms with Crippen LogP contribution in [0.3, 0.4) is 0 Å². The Labute approximate surface area is 276 Å². The van der Waals surface area contributed by atoms with Gasteiger partial charge in [0.1, 0.15) is 6.04 Å². The molecule has 5 rings (SSSR count). The van der Waals surface area contributed by atoms with E-state index in [0.717, 1.165) is 5.56 Å². The fourth-order valence-electron chi connectivity index (χ4n) is 7.84. The number of aliphatic hydroxyl groups excluding tert-OH is 1. The molecule has 3 fully saturated rings. The number of likely N-dealkylation sites (tertiary alicyclic amines) is 1. The summed E-state index contributed by atoms with van der Waals surface area (Å²) in [5.41, 5.74) is 1.65. The molecule has 1 spiro atoms. The van der Waals surface area contributed by atoms with Crippen LogP contribution in [0.5, 0.6) is 0 Å². The van der Waals surface area contributed by atoms with Crippen LogP contribution < -0.4 is 4.90 Å². The van der Waals surface area contributed by atoms with Gasteiger partial charge in [0, 0.05) is 35.1 Å². The van der Waals surface area contributed by atoms with Crippen LogP contribution in [0.15, 0.2) is 79.9 Å². The molecule has 3 heterocycles. The topological polar surface area (TPSA) is 81.2 Å². The molecule has 7 nitrogen and oxygen atoms in total. The van der Waals surface area contributed by atoms with Crippen molar-refractivity contribution in [3.8, 4) is 0 Å². The summed E-state index contributed by atoms with van der Waals surface area (Å²) in [5, 5.41) is 11.2. The number of hydrogen-bond acceptors (Lipinski definition) is 5. The van der Waals surface area contributed by atoms with Gasteiger partial charge in [-0.2, -0.15) is 0 Å². The predicted octanol–water partition coefficient (Wildman–Crippen LogP) is 5.96. The van der Waals surface area contributed by atoms with Gasteiger partial charge in [-0.3, -0.25) is 14.4 Å². The first-order chi connectivity index (χ1) is 21.5. The molecule has 2 unspecified atom stereocenters. The molecule has 240 valence electrons. The number of anilines is 1. The van der Waals surface area contributed by atoms with Crippen molar-refractivity contribution in [3.05, 3.63) is 90.5 Å². The Bertz CT molecular complexity index is 1440. The van der Waals surface area contributed by atoms with E-state index in [1.54, 1.807) is 62.9 Å². The number of carbonyl (C=O) groups is 3. The van der Waals surface area contributed by atoms with Crippen molar-refractivity contribution < 1.29 is 19.5 Å². The second kappa shape index (κ2) is 13.3. The highest BCUT2D eigenvalue weighted by molar-refractivity contribution is 8.02. The van der Waals surface area contributed by atoms with E-state index in [1.165, 1.54) is 0 Å². The van der Waals surface area contributed by atoms with Gasteiger partial charge < -0.3 is 19.8 Å². The quantitative estimate of drug-likeness (QED) is 0.271. The Morgan fingerprint density at radius 3 is 2.33 bits per heavy atom. The minimum Gasteiger partial charge on any atom is -0.394 e. The third-order valence-electron chi connectivity index (χ3n) is 9.66. The lowest BCUT2D eigenvalue weighted by molar-refractivity contribution is -0.147. The van der Waals surface area contributed by atoms with E-state index in [1.807, 2.05) is 44.2 Å². The predicted molar refractivity (Wildman–Crippen MR) is 182 cm³/mol. The second-order valence-corrected chi connectivity index (χ2v) is 15.5. The van der Waals surface area contributed by atoms with Crippen LogP contribution in [-0.2, 0) is 20.9 Å². The van der Waals surface area contributed by atoms with Crippen LogP contribution in [0.25, 0.3) is 0 Å². The van der Waals surface area contributed by atoms with Crippen LogP contribution in [0.4, 0.5) is 5.69 Å². The van der Waals surface area contributed by atoms with Gasteiger partial charge >= 0.3 is 0 Å². The van der Waals surface area contributed by atoms with Crippen molar-refractivity contribution in [2.24, 2.45) is 17.8 Å². The van der Waals surface area contributed by atoms with Crippen molar-refractivity contribution in [1.82, 2.24) is 9.80 Å². The molecule has 2 bridgehead atoms. The lowest BCUT2D eigenvalue weighted by Crippen LogP contribution is -2.58. The number of aliphatic hydroxyl groups is 1. The van der Waals surface area contributed by atoms with E-state index in [2.05, 4.69) is 20.1 Å². The maximum Gasteiger partial charge on any atom is 0.251 e. The Kier molecular flexibility index (Phi) is 9.87. The first-order valence-electron chi connectivity index (χ1n) is 15.8. The average molecular weight is 650 g/mol. The number of amides is 3. The van der Waals surface area contributed by atoms with Crippen molar-refractivity contribution >= 4 is 46.8 Å². The molecule has 0 aromatic heterocycles. The molecular formula is C36H44ClN3O4S. The molecule has 0 aliphatic carbocycles. The summed E-state index contributed by atoms with van der Waals surface area (Å²) in [6.07, 6.45) is 5.26. The zero-order chi connectivity index (χ0) is 32.5. The van der Waals surface area contributed by atoms with E-state index in [4.69, 9.17) is 11.6 Å². The van der Waals surface area contributed by atoms with Gasteiger partial charge in [0.25, 0.3) is 5.91 Å². The molecule has 3 saturated heterocycles. The third-order valence-corrected chi connectivity index (χ3v) is 11.9. The van der Waals surface area contributed by atoms with E-state index in [0.29, 0.717) is 43.1 Å². The Morgan fingerprint density at radius 1 is 1.07 bits per heavy atom. The average Bonchev–Trinajstić information content (AvgIpc) is 3.59. The normalized spacial score (nSPS) is 27.4. The summed E-state index contributed by atoms with van der Waals surface area (Å²) in [5.74, 6) is -1.66. The number of halogens is 1. The molecule has 0 saturated carbocycles. The number of nitrogens with zero attached hydrogens (tertiary/aromatic N) is 3. The van der Waals surface area contributed by atoms with Gasteiger partial charge in [0.15, 0.2) is 0 Å². The lowest BCUT2D eigenvalue weighted by atomic mass is 9.66. The zero-order valence-electron chi connectivity index (χ0n) is 26.4. The number of fused-ring (bicyclic) bond motifs is 1. The van der Waals surface area contributed by atoms with Crippen LogP contribution >= 0.6 is 23.4 Å². The van der Waals surface area contributed by atoms with Gasteiger partial charge in [-0.25, -0.2) is 0 Å². The Balaban J connectivity index is 1.60. The molecule has 2 aromatic rings. The number of benzene rings is 2. The monoisotopic (exact) mass is 649 g/mol. The second-order valence-electron chi connectivity index (χ2n) is 13.1. The van der Waals surface area contributed by atoms with Crippen molar-refractivity contribution in [2.45, 2.75) is 68.2 Å². The molecule has 3 amide bonds. The molecule has 3 aliphatic rings. The SMILES string of the molecule is C=CCN(Cc1ccccc1)C(=O)[C@@H]1[C@H]2C(=O)N([C@@H](CO)CC(C)C)C(C(=O)N(CC=C)c3ccc(Cl)cc3)C23CC[C@@]1(C)S3. The number of thioether (sulfide) groups is 1. The molecule has 0 radical (unpaired) electrons. The highest BCUT2D eigenvalue weighted by Crippen LogP contribution is 2.72. The number of rotatable bonds is 13. The van der Waals surface area contributed by atoms with Crippen molar-refractivity contribution in [1.29, 1.82) is 0 Å². The molecular weight excluding hydrogens is 606 g/mol. The Hall–Kier alpha value is -3.07. The summed E-state index contributed by atoms with van der Waals surface area (Å²) in [4.78, 5) is 49.5. The molecule has 6 atom stereocenters. The van der Waals surface area contributed by atoms with Gasteiger partial charge in [-0.15, -0.1) is 24.9 Å². The Morgan fingerprint density at radius 2 is 1.73 bits per heavy atom. The van der Waals surface area contributed by atoms with E-state index in [9.17, 15) is 19.5 Å². The summed E-state index contributed by atoms with van der Waals surface area (Å²) in [6.45, 7) is 14.7. The highest BCUT2D eigenvalue weighted by atomic mass is 35.5. The molecule has 9 heteroatoms. The van der Waals surface area contributed by atoms with Crippen molar-refractivity contribution in [2.75, 3.05) is 24.6 Å². The lowest BCUT2D eigenvalue weighted by Gasteiger charge is -2.40. The third kappa shape index (κ3) is 5.97. The minimum absolute atomic E-state index is 0.0909. The maximum absolute atomic E-state index is 14.9. The summed E-state index contributed by atoms with van der Waals surface area (Å²) in [6, 6.07) is 15.5. The number of carbonyl (C=O) groups excluding carboxylic acids is 3. The largest absolute Gasteiger partial charge is 0.394 e. The standard InChI is InChI=1S/C36H44ClN3O4S/c1-6-19-38(22-25-11-9-8-10-12-25)32(42)29-30-33(43)40(28(23-41)21-24(3)4)31(36(30)18-17-35(29,5)45-36)34(44)39(20-7-2)27-15-13-26(37)14-16-27/h6-16,24,28-31,41H,1-2,17-23H2,3-5H3/t28-,29+,30+,31?,35-,36?/m1/s1.